The summed E-state index contributed by atoms with van der Waals surface area (Å²) in [6, 6.07) is 6.23. The molecule has 0 radical (unpaired) electrons. The van der Waals surface area contributed by atoms with E-state index in [0.717, 1.165) is 5.46 Å². The molecule has 0 N–H and O–H groups in total. The highest BCUT2D eigenvalue weighted by atomic mass is 32.2. The van der Waals surface area contributed by atoms with Crippen LogP contribution in [0.5, 0.6) is 0 Å². The SMILES string of the molecule is CC(C)(C)COC(=O)CS(=O)(=O)c1ccc(B2OC(C)(C)C(C)(C)O2)cc1. The minimum Gasteiger partial charge on any atom is -0.464 e. The third-order valence-electron chi connectivity index (χ3n) is 4.74. The van der Waals surface area contributed by atoms with E-state index in [0.29, 0.717) is 0 Å². The summed E-state index contributed by atoms with van der Waals surface area (Å²) >= 11 is 0. The Bertz CT molecular complexity index is 774. The topological polar surface area (TPSA) is 78.9 Å². The van der Waals surface area contributed by atoms with E-state index in [9.17, 15) is 13.2 Å². The van der Waals surface area contributed by atoms with Crippen LogP contribution in [0, 0.1) is 5.41 Å². The number of carbonyl (C=O) groups excluding carboxylic acids is 1. The van der Waals surface area contributed by atoms with E-state index in [-0.39, 0.29) is 16.9 Å². The zero-order chi connectivity index (χ0) is 20.7. The van der Waals surface area contributed by atoms with E-state index in [4.69, 9.17) is 14.0 Å². The fourth-order valence-corrected chi connectivity index (χ4v) is 3.50. The van der Waals surface area contributed by atoms with E-state index in [1.165, 1.54) is 12.1 Å². The van der Waals surface area contributed by atoms with Gasteiger partial charge < -0.3 is 14.0 Å². The second-order valence-electron chi connectivity index (χ2n) is 9.14. The van der Waals surface area contributed by atoms with Crippen LogP contribution in [0.2, 0.25) is 0 Å². The molecule has 150 valence electrons. The first-order valence-electron chi connectivity index (χ1n) is 8.97. The quantitative estimate of drug-likeness (QED) is 0.562. The monoisotopic (exact) mass is 396 g/mol. The van der Waals surface area contributed by atoms with Crippen molar-refractivity contribution in [2.45, 2.75) is 64.6 Å². The normalized spacial score (nSPS) is 19.1. The van der Waals surface area contributed by atoms with Crippen LogP contribution in [0.3, 0.4) is 0 Å². The third kappa shape index (κ3) is 5.33. The van der Waals surface area contributed by atoms with Crippen LogP contribution < -0.4 is 5.46 Å². The first-order valence-corrected chi connectivity index (χ1v) is 10.6. The summed E-state index contributed by atoms with van der Waals surface area (Å²) in [5.41, 5.74) is -0.439. The molecule has 6 nitrogen and oxygen atoms in total. The van der Waals surface area contributed by atoms with Crippen molar-refractivity contribution in [3.05, 3.63) is 24.3 Å². The minimum atomic E-state index is -3.77. The summed E-state index contributed by atoms with van der Waals surface area (Å²) in [5, 5.41) is 0. The van der Waals surface area contributed by atoms with Crippen LogP contribution in [0.15, 0.2) is 29.2 Å². The molecule has 1 aromatic carbocycles. The predicted octanol–water partition coefficient (Wildman–Crippen LogP) is 2.35. The summed E-state index contributed by atoms with van der Waals surface area (Å²) in [6.45, 7) is 13.7. The van der Waals surface area contributed by atoms with Crippen LogP contribution in [-0.2, 0) is 28.7 Å². The second-order valence-corrected chi connectivity index (χ2v) is 11.1. The molecule has 0 atom stereocenters. The Morgan fingerprint density at radius 3 is 1.96 bits per heavy atom. The van der Waals surface area contributed by atoms with Gasteiger partial charge in [0.1, 0.15) is 0 Å². The van der Waals surface area contributed by atoms with Crippen LogP contribution in [0.4, 0.5) is 0 Å². The van der Waals surface area contributed by atoms with E-state index in [2.05, 4.69) is 0 Å². The molecule has 1 aliphatic heterocycles. The first-order chi connectivity index (χ1) is 12.1. The Balaban J connectivity index is 2.07. The molecule has 0 aliphatic carbocycles. The van der Waals surface area contributed by atoms with Crippen molar-refractivity contribution >= 4 is 28.4 Å². The summed E-state index contributed by atoms with van der Waals surface area (Å²) in [7, 11) is -4.34. The van der Waals surface area contributed by atoms with Gasteiger partial charge in [-0.1, -0.05) is 32.9 Å². The number of carbonyl (C=O) groups is 1. The van der Waals surface area contributed by atoms with Gasteiger partial charge in [-0.05, 0) is 50.7 Å². The maximum Gasteiger partial charge on any atom is 0.494 e. The molecule has 0 saturated carbocycles. The smallest absolute Gasteiger partial charge is 0.464 e. The Kier molecular flexibility index (Phi) is 5.86. The number of rotatable bonds is 5. The number of ether oxygens (including phenoxy) is 1. The Hall–Kier alpha value is -1.38. The van der Waals surface area contributed by atoms with Gasteiger partial charge in [0.25, 0.3) is 0 Å². The maximum atomic E-state index is 12.4. The lowest BCUT2D eigenvalue weighted by atomic mass is 9.79. The number of hydrogen-bond acceptors (Lipinski definition) is 6. The zero-order valence-corrected chi connectivity index (χ0v) is 18.0. The molecule has 0 bridgehead atoms. The molecule has 8 heteroatoms. The van der Waals surface area contributed by atoms with Crippen molar-refractivity contribution in [2.75, 3.05) is 12.4 Å². The lowest BCUT2D eigenvalue weighted by molar-refractivity contribution is -0.143. The maximum absolute atomic E-state index is 12.4. The zero-order valence-electron chi connectivity index (χ0n) is 17.2. The van der Waals surface area contributed by atoms with Gasteiger partial charge in [-0.15, -0.1) is 0 Å². The number of hydrogen-bond donors (Lipinski definition) is 0. The van der Waals surface area contributed by atoms with Crippen molar-refractivity contribution in [3.63, 3.8) is 0 Å². The molecule has 27 heavy (non-hydrogen) atoms. The van der Waals surface area contributed by atoms with Crippen molar-refractivity contribution in [3.8, 4) is 0 Å². The Morgan fingerprint density at radius 2 is 1.52 bits per heavy atom. The molecule has 0 spiro atoms. The van der Waals surface area contributed by atoms with E-state index in [1.807, 2.05) is 48.5 Å². The van der Waals surface area contributed by atoms with Crippen LogP contribution in [0.1, 0.15) is 48.5 Å². The van der Waals surface area contributed by atoms with Gasteiger partial charge in [0.05, 0.1) is 22.7 Å². The van der Waals surface area contributed by atoms with Gasteiger partial charge in [-0.25, -0.2) is 8.42 Å². The summed E-state index contributed by atoms with van der Waals surface area (Å²) in [4.78, 5) is 11.9. The molecule has 1 saturated heterocycles. The van der Waals surface area contributed by atoms with Crippen LogP contribution in [0.25, 0.3) is 0 Å². The molecule has 1 heterocycles. The second kappa shape index (κ2) is 7.22. The van der Waals surface area contributed by atoms with Gasteiger partial charge >= 0.3 is 13.1 Å². The molecular formula is C19H29BO6S. The highest BCUT2D eigenvalue weighted by Gasteiger charge is 2.51. The predicted molar refractivity (Wildman–Crippen MR) is 105 cm³/mol. The van der Waals surface area contributed by atoms with Crippen molar-refractivity contribution in [1.29, 1.82) is 0 Å². The molecule has 2 rings (SSSR count). The largest absolute Gasteiger partial charge is 0.494 e. The fraction of sp³-hybridized carbons (Fsp3) is 0.632. The summed E-state index contributed by atoms with van der Waals surface area (Å²) in [5.74, 6) is -1.43. The molecule has 0 amide bonds. The molecule has 0 unspecified atom stereocenters. The van der Waals surface area contributed by atoms with Crippen molar-refractivity contribution < 1.29 is 27.3 Å². The van der Waals surface area contributed by atoms with Gasteiger partial charge in [-0.3, -0.25) is 4.79 Å². The standard InChI is InChI=1S/C19H29BO6S/c1-17(2,3)13-24-16(21)12-27(22,23)15-10-8-14(9-11-15)20-25-18(4,5)19(6,7)26-20/h8-11H,12-13H2,1-7H3. The van der Waals surface area contributed by atoms with Crippen molar-refractivity contribution in [2.24, 2.45) is 5.41 Å². The Labute approximate surface area is 162 Å². The molecular weight excluding hydrogens is 367 g/mol. The molecule has 1 aliphatic rings. The average molecular weight is 396 g/mol. The lowest BCUT2D eigenvalue weighted by Crippen LogP contribution is -2.41. The van der Waals surface area contributed by atoms with Gasteiger partial charge in [-0.2, -0.15) is 0 Å². The van der Waals surface area contributed by atoms with Crippen LogP contribution >= 0.6 is 0 Å². The van der Waals surface area contributed by atoms with Gasteiger partial charge in [0.15, 0.2) is 15.6 Å². The highest BCUT2D eigenvalue weighted by molar-refractivity contribution is 7.92. The summed E-state index contributed by atoms with van der Waals surface area (Å²) in [6.07, 6.45) is 0. The van der Waals surface area contributed by atoms with Gasteiger partial charge in [0.2, 0.25) is 0 Å². The molecule has 1 fully saturated rings. The number of benzene rings is 1. The highest BCUT2D eigenvalue weighted by Crippen LogP contribution is 2.36. The molecule has 1 aromatic rings. The third-order valence-corrected chi connectivity index (χ3v) is 6.34. The van der Waals surface area contributed by atoms with Crippen LogP contribution in [-0.4, -0.2) is 45.1 Å². The molecule has 0 aromatic heterocycles. The summed E-state index contributed by atoms with van der Waals surface area (Å²) < 4.78 is 41.9. The van der Waals surface area contributed by atoms with E-state index in [1.54, 1.807) is 12.1 Å². The lowest BCUT2D eigenvalue weighted by Gasteiger charge is -2.32. The fourth-order valence-electron chi connectivity index (χ4n) is 2.39. The number of esters is 1. The van der Waals surface area contributed by atoms with Gasteiger partial charge in [0, 0.05) is 0 Å². The number of sulfone groups is 1. The minimum absolute atomic E-state index is 0.0653. The average Bonchev–Trinajstić information content (AvgIpc) is 2.72. The van der Waals surface area contributed by atoms with E-state index < -0.39 is 39.9 Å². The first kappa shape index (κ1) is 21.9. The van der Waals surface area contributed by atoms with Crippen molar-refractivity contribution in [1.82, 2.24) is 0 Å². The van der Waals surface area contributed by atoms with E-state index >= 15 is 0 Å². The Morgan fingerprint density at radius 1 is 1.04 bits per heavy atom.